The highest BCUT2D eigenvalue weighted by Crippen LogP contribution is 2.58. The third-order valence-electron chi connectivity index (χ3n) is 7.45. The van der Waals surface area contributed by atoms with Crippen molar-refractivity contribution in [2.45, 2.75) is 57.5 Å². The summed E-state index contributed by atoms with van der Waals surface area (Å²) in [6.07, 6.45) is 14.4. The fraction of sp³-hybridized carbons (Fsp3) is 0.375. The summed E-state index contributed by atoms with van der Waals surface area (Å²) in [7, 11) is 1.73. The minimum Gasteiger partial charge on any atom is -0.465 e. The molecule has 2 unspecified atom stereocenters. The molecule has 0 aliphatic heterocycles. The Kier molecular flexibility index (Phi) is 7.08. The number of benzene rings is 2. The van der Waals surface area contributed by atoms with E-state index in [4.69, 9.17) is 14.2 Å². The number of hydrogen-bond acceptors (Lipinski definition) is 3. The first-order valence-corrected chi connectivity index (χ1v) is 12.8. The van der Waals surface area contributed by atoms with Crippen LogP contribution >= 0.6 is 0 Å². The highest BCUT2D eigenvalue weighted by molar-refractivity contribution is 5.90. The molecule has 0 saturated carbocycles. The van der Waals surface area contributed by atoms with Gasteiger partial charge < -0.3 is 14.2 Å². The first kappa shape index (κ1) is 23.8. The SMILES string of the molecule is COCCOC1CC=C(C2(c3ccc(OC=C(C)C)cc3)C3=C(C=CCC3)c3ccccc32)CC1. The number of methoxy groups -OCH3 is 1. The van der Waals surface area contributed by atoms with Crippen LogP contribution in [0.15, 0.2) is 89.7 Å². The molecule has 0 spiro atoms. The van der Waals surface area contributed by atoms with Crippen molar-refractivity contribution in [3.05, 3.63) is 106 Å². The first-order chi connectivity index (χ1) is 17.1. The second-order valence-electron chi connectivity index (χ2n) is 9.96. The molecule has 2 atom stereocenters. The molecule has 3 nitrogen and oxygen atoms in total. The van der Waals surface area contributed by atoms with Gasteiger partial charge in [0.1, 0.15) is 5.75 Å². The van der Waals surface area contributed by atoms with Crippen LogP contribution in [-0.2, 0) is 14.9 Å². The van der Waals surface area contributed by atoms with Gasteiger partial charge in [0.25, 0.3) is 0 Å². The lowest BCUT2D eigenvalue weighted by molar-refractivity contribution is 0.0123. The highest BCUT2D eigenvalue weighted by atomic mass is 16.5. The fourth-order valence-corrected chi connectivity index (χ4v) is 5.97. The summed E-state index contributed by atoms with van der Waals surface area (Å²) >= 11 is 0. The van der Waals surface area contributed by atoms with E-state index in [1.54, 1.807) is 12.7 Å². The van der Waals surface area contributed by atoms with Crippen molar-refractivity contribution in [3.8, 4) is 5.75 Å². The molecular weight excluding hydrogens is 432 g/mol. The Morgan fingerprint density at radius 3 is 2.60 bits per heavy atom. The molecule has 35 heavy (non-hydrogen) atoms. The number of rotatable bonds is 8. The van der Waals surface area contributed by atoms with E-state index < -0.39 is 0 Å². The Balaban J connectivity index is 1.60. The lowest BCUT2D eigenvalue weighted by atomic mass is 9.63. The summed E-state index contributed by atoms with van der Waals surface area (Å²) in [6.45, 7) is 5.40. The average molecular weight is 469 g/mol. The van der Waals surface area contributed by atoms with Gasteiger partial charge in [0.05, 0.1) is 31.0 Å². The predicted octanol–water partition coefficient (Wildman–Crippen LogP) is 7.53. The molecule has 3 aliphatic carbocycles. The van der Waals surface area contributed by atoms with Gasteiger partial charge in [-0.2, -0.15) is 0 Å². The molecule has 2 aromatic carbocycles. The molecular formula is C32H36O3. The van der Waals surface area contributed by atoms with Gasteiger partial charge in [-0.25, -0.2) is 0 Å². The molecule has 0 aromatic heterocycles. The summed E-state index contributed by atoms with van der Waals surface area (Å²) in [5.41, 5.74) is 9.52. The summed E-state index contributed by atoms with van der Waals surface area (Å²) in [4.78, 5) is 0. The normalized spacial score (nSPS) is 22.9. The van der Waals surface area contributed by atoms with Gasteiger partial charge in [-0.05, 0) is 91.5 Å². The molecule has 182 valence electrons. The highest BCUT2D eigenvalue weighted by Gasteiger charge is 2.48. The predicted molar refractivity (Wildman–Crippen MR) is 143 cm³/mol. The van der Waals surface area contributed by atoms with Crippen molar-refractivity contribution in [2.75, 3.05) is 20.3 Å². The largest absolute Gasteiger partial charge is 0.465 e. The fourth-order valence-electron chi connectivity index (χ4n) is 5.97. The second kappa shape index (κ2) is 10.4. The Hall–Kier alpha value is -2.88. The van der Waals surface area contributed by atoms with Crippen LogP contribution in [-0.4, -0.2) is 26.4 Å². The minimum absolute atomic E-state index is 0.219. The molecule has 0 radical (unpaired) electrons. The summed E-state index contributed by atoms with van der Waals surface area (Å²) in [5, 5.41) is 0. The van der Waals surface area contributed by atoms with Crippen LogP contribution in [0.2, 0.25) is 0 Å². The van der Waals surface area contributed by atoms with Crippen LogP contribution in [0.1, 0.15) is 62.6 Å². The number of hydrogen-bond donors (Lipinski definition) is 0. The molecule has 3 aliphatic rings. The number of ether oxygens (including phenoxy) is 3. The van der Waals surface area contributed by atoms with E-state index in [1.165, 1.54) is 27.8 Å². The zero-order valence-corrected chi connectivity index (χ0v) is 21.2. The first-order valence-electron chi connectivity index (χ1n) is 12.8. The van der Waals surface area contributed by atoms with Gasteiger partial charge in [0, 0.05) is 7.11 Å². The Morgan fingerprint density at radius 1 is 1.03 bits per heavy atom. The summed E-state index contributed by atoms with van der Waals surface area (Å²) in [6, 6.07) is 17.8. The van der Waals surface area contributed by atoms with Crippen LogP contribution in [0.4, 0.5) is 0 Å². The minimum atomic E-state index is -0.219. The van der Waals surface area contributed by atoms with E-state index in [-0.39, 0.29) is 11.5 Å². The number of fused-ring (bicyclic) bond motifs is 2. The molecule has 0 N–H and O–H groups in total. The van der Waals surface area contributed by atoms with Gasteiger partial charge in [-0.1, -0.05) is 60.2 Å². The Labute approximate surface area is 209 Å². The van der Waals surface area contributed by atoms with Crippen molar-refractivity contribution in [1.82, 2.24) is 0 Å². The quantitative estimate of drug-likeness (QED) is 0.228. The second-order valence-corrected chi connectivity index (χ2v) is 9.96. The van der Waals surface area contributed by atoms with Gasteiger partial charge in [-0.15, -0.1) is 0 Å². The van der Waals surface area contributed by atoms with Gasteiger partial charge >= 0.3 is 0 Å². The maximum absolute atomic E-state index is 6.10. The molecule has 0 saturated heterocycles. The third kappa shape index (κ3) is 4.44. The Bertz CT molecular complexity index is 1180. The van der Waals surface area contributed by atoms with Crippen molar-refractivity contribution in [1.29, 1.82) is 0 Å². The molecule has 5 rings (SSSR count). The van der Waals surface area contributed by atoms with E-state index in [0.29, 0.717) is 13.2 Å². The summed E-state index contributed by atoms with van der Waals surface area (Å²) < 4.78 is 17.2. The molecule has 0 heterocycles. The van der Waals surface area contributed by atoms with Crippen molar-refractivity contribution in [2.24, 2.45) is 0 Å². The van der Waals surface area contributed by atoms with Crippen LogP contribution in [0.25, 0.3) is 5.57 Å². The van der Waals surface area contributed by atoms with Gasteiger partial charge in [0.15, 0.2) is 0 Å². The van der Waals surface area contributed by atoms with E-state index in [2.05, 4.69) is 66.8 Å². The lowest BCUT2D eigenvalue weighted by Gasteiger charge is -2.40. The van der Waals surface area contributed by atoms with E-state index in [0.717, 1.165) is 43.4 Å². The van der Waals surface area contributed by atoms with Crippen LogP contribution in [0.5, 0.6) is 5.75 Å². The standard InChI is InChI=1S/C32H36O3/c1-23(2)22-35-27-18-14-25(15-19-27)32(24-12-16-26(17-13-24)34-21-20-33-3)30-10-6-4-8-28(30)29-9-5-7-11-31(29)32/h4-6,8-10,12,14-15,18-19,22,26H,7,11,13,16-17,20-21H2,1-3H3. The monoisotopic (exact) mass is 468 g/mol. The van der Waals surface area contributed by atoms with Crippen LogP contribution < -0.4 is 4.74 Å². The maximum atomic E-state index is 6.10. The smallest absolute Gasteiger partial charge is 0.126 e. The topological polar surface area (TPSA) is 27.7 Å². The average Bonchev–Trinajstić information content (AvgIpc) is 3.20. The Morgan fingerprint density at radius 2 is 1.86 bits per heavy atom. The molecule has 0 fully saturated rings. The van der Waals surface area contributed by atoms with Crippen LogP contribution in [0.3, 0.4) is 0 Å². The summed E-state index contributed by atoms with van der Waals surface area (Å²) in [5.74, 6) is 0.873. The maximum Gasteiger partial charge on any atom is 0.126 e. The van der Waals surface area contributed by atoms with E-state index in [9.17, 15) is 0 Å². The molecule has 3 heteroatoms. The zero-order valence-electron chi connectivity index (χ0n) is 21.2. The van der Waals surface area contributed by atoms with E-state index >= 15 is 0 Å². The van der Waals surface area contributed by atoms with Crippen LogP contribution in [0, 0.1) is 0 Å². The van der Waals surface area contributed by atoms with Gasteiger partial charge in [-0.3, -0.25) is 0 Å². The number of allylic oxidation sites excluding steroid dienone is 6. The lowest BCUT2D eigenvalue weighted by Crippen LogP contribution is -2.34. The van der Waals surface area contributed by atoms with Crippen molar-refractivity contribution < 1.29 is 14.2 Å². The third-order valence-corrected chi connectivity index (χ3v) is 7.45. The molecule has 0 amide bonds. The molecule has 2 aromatic rings. The zero-order chi connectivity index (χ0) is 24.3. The van der Waals surface area contributed by atoms with Crippen molar-refractivity contribution >= 4 is 5.57 Å². The van der Waals surface area contributed by atoms with E-state index in [1.807, 2.05) is 20.1 Å². The van der Waals surface area contributed by atoms with Crippen molar-refractivity contribution in [3.63, 3.8) is 0 Å². The van der Waals surface area contributed by atoms with Gasteiger partial charge in [0.2, 0.25) is 0 Å². The molecule has 0 bridgehead atoms.